The Balaban J connectivity index is 1.68. The van der Waals surface area contributed by atoms with Gasteiger partial charge in [-0.2, -0.15) is 0 Å². The van der Waals surface area contributed by atoms with Crippen LogP contribution in [0.15, 0.2) is 0 Å². The Labute approximate surface area is 142 Å². The average molecular weight is 340 g/mol. The molecule has 2 aliphatic rings. The number of carbonyl (C=O) groups excluding carboxylic acids is 2. The number of carboxylic acids is 1. The van der Waals surface area contributed by atoms with Crippen molar-refractivity contribution in [2.75, 3.05) is 39.9 Å². The van der Waals surface area contributed by atoms with E-state index in [0.717, 1.165) is 32.5 Å². The van der Waals surface area contributed by atoms with Crippen LogP contribution < -0.4 is 0 Å². The quantitative estimate of drug-likeness (QED) is 0.779. The molecule has 0 aliphatic carbocycles. The molecule has 0 radical (unpaired) electrons. The van der Waals surface area contributed by atoms with Crippen molar-refractivity contribution in [1.82, 2.24) is 9.80 Å². The summed E-state index contributed by atoms with van der Waals surface area (Å²) in [5.74, 6) is -0.701. The molecule has 0 aromatic carbocycles. The number of hydrogen-bond donors (Lipinski definition) is 1. The number of aliphatic carboxylic acids is 1. The molecule has 7 nitrogen and oxygen atoms in total. The van der Waals surface area contributed by atoms with Crippen molar-refractivity contribution in [2.45, 2.75) is 38.5 Å². The first-order valence-electron chi connectivity index (χ1n) is 8.79. The summed E-state index contributed by atoms with van der Waals surface area (Å²) < 4.78 is 5.31. The minimum atomic E-state index is -0.789. The summed E-state index contributed by atoms with van der Waals surface area (Å²) >= 11 is 0. The van der Waals surface area contributed by atoms with Gasteiger partial charge in [0.25, 0.3) is 0 Å². The zero-order chi connectivity index (χ0) is 17.5. The highest BCUT2D eigenvalue weighted by atomic mass is 16.5. The van der Waals surface area contributed by atoms with Crippen molar-refractivity contribution in [2.24, 2.45) is 11.8 Å². The topological polar surface area (TPSA) is 87.2 Å². The maximum atomic E-state index is 12.3. The van der Waals surface area contributed by atoms with Crippen molar-refractivity contribution in [3.05, 3.63) is 0 Å². The largest absolute Gasteiger partial charge is 0.481 e. The van der Waals surface area contributed by atoms with Gasteiger partial charge >= 0.3 is 5.97 Å². The highest BCUT2D eigenvalue weighted by Gasteiger charge is 2.28. The Kier molecular flexibility index (Phi) is 7.02. The number of carboxylic acid groups (broad SMARTS) is 1. The number of ether oxygens (including phenoxy) is 1. The predicted molar refractivity (Wildman–Crippen MR) is 87.4 cm³/mol. The number of carbonyl (C=O) groups is 3. The fourth-order valence-corrected chi connectivity index (χ4v) is 3.32. The smallest absolute Gasteiger partial charge is 0.306 e. The molecule has 0 unspecified atom stereocenters. The van der Waals surface area contributed by atoms with Crippen molar-refractivity contribution in [3.8, 4) is 0 Å². The number of amides is 2. The molecule has 2 saturated heterocycles. The van der Waals surface area contributed by atoms with Gasteiger partial charge in [0.2, 0.25) is 11.8 Å². The summed E-state index contributed by atoms with van der Waals surface area (Å²) in [4.78, 5) is 38.6. The first-order chi connectivity index (χ1) is 11.5. The fraction of sp³-hybridized carbons (Fsp3) is 0.824. The van der Waals surface area contributed by atoms with Crippen molar-refractivity contribution >= 4 is 17.8 Å². The molecule has 0 spiro atoms. The molecule has 7 heteroatoms. The Hall–Kier alpha value is -1.63. The van der Waals surface area contributed by atoms with E-state index in [1.165, 1.54) is 4.90 Å². The van der Waals surface area contributed by atoms with E-state index in [-0.39, 0.29) is 24.3 Å². The van der Waals surface area contributed by atoms with Crippen LogP contribution in [0.1, 0.15) is 38.5 Å². The lowest BCUT2D eigenvalue weighted by Gasteiger charge is -2.31. The summed E-state index contributed by atoms with van der Waals surface area (Å²) in [5.41, 5.74) is 0. The van der Waals surface area contributed by atoms with E-state index in [9.17, 15) is 14.4 Å². The molecule has 0 bridgehead atoms. The molecule has 0 atom stereocenters. The number of likely N-dealkylation sites (tertiary alicyclic amines) is 1. The highest BCUT2D eigenvalue weighted by Crippen LogP contribution is 2.20. The molecule has 0 saturated carbocycles. The summed E-state index contributed by atoms with van der Waals surface area (Å²) in [6.45, 7) is 2.54. The standard InChI is InChI=1S/C17H28N2O5/c1-18(15(20)3-2-13-6-10-24-11-7-13)12-16(21)19-8-4-14(5-9-19)17(22)23/h13-14H,2-12H2,1H3,(H,22,23). The van der Waals surface area contributed by atoms with Crippen molar-refractivity contribution in [1.29, 1.82) is 0 Å². The Morgan fingerprint density at radius 3 is 2.33 bits per heavy atom. The SMILES string of the molecule is CN(CC(=O)N1CCC(C(=O)O)CC1)C(=O)CCC1CCOCC1. The molecule has 0 aromatic rings. The maximum absolute atomic E-state index is 12.3. The van der Waals surface area contributed by atoms with E-state index in [0.29, 0.717) is 38.3 Å². The van der Waals surface area contributed by atoms with Gasteiger partial charge < -0.3 is 19.6 Å². The zero-order valence-electron chi connectivity index (χ0n) is 14.4. The number of hydrogen-bond acceptors (Lipinski definition) is 4. The third-order valence-corrected chi connectivity index (χ3v) is 5.10. The molecule has 136 valence electrons. The molecule has 1 N–H and O–H groups in total. The van der Waals surface area contributed by atoms with E-state index in [2.05, 4.69) is 0 Å². The average Bonchev–Trinajstić information content (AvgIpc) is 2.60. The van der Waals surface area contributed by atoms with Crippen LogP contribution in [0, 0.1) is 11.8 Å². The molecule has 2 fully saturated rings. The second kappa shape index (κ2) is 9.01. The molecular formula is C17H28N2O5. The van der Waals surface area contributed by atoms with Crippen LogP contribution in [0.5, 0.6) is 0 Å². The van der Waals surface area contributed by atoms with Gasteiger partial charge in [0.05, 0.1) is 12.5 Å². The highest BCUT2D eigenvalue weighted by molar-refractivity contribution is 5.84. The number of piperidine rings is 1. The van der Waals surface area contributed by atoms with E-state index < -0.39 is 5.97 Å². The maximum Gasteiger partial charge on any atom is 0.306 e. The summed E-state index contributed by atoms with van der Waals surface area (Å²) in [5, 5.41) is 8.98. The van der Waals surface area contributed by atoms with Crippen molar-refractivity contribution < 1.29 is 24.2 Å². The van der Waals surface area contributed by atoms with Gasteiger partial charge in [-0.3, -0.25) is 14.4 Å². The van der Waals surface area contributed by atoms with Gasteiger partial charge in [-0.05, 0) is 38.0 Å². The third-order valence-electron chi connectivity index (χ3n) is 5.10. The lowest BCUT2D eigenvalue weighted by atomic mass is 9.95. The normalized spacial score (nSPS) is 20.0. The van der Waals surface area contributed by atoms with E-state index in [4.69, 9.17) is 9.84 Å². The molecule has 0 aromatic heterocycles. The first-order valence-corrected chi connectivity index (χ1v) is 8.79. The van der Waals surface area contributed by atoms with Crippen LogP contribution in [-0.2, 0) is 19.1 Å². The minimum Gasteiger partial charge on any atom is -0.481 e. The first kappa shape index (κ1) is 18.7. The lowest BCUT2D eigenvalue weighted by Crippen LogP contribution is -2.45. The van der Waals surface area contributed by atoms with E-state index in [1.807, 2.05) is 0 Å². The summed E-state index contributed by atoms with van der Waals surface area (Å²) in [6.07, 6.45) is 4.31. The number of rotatable bonds is 6. The number of likely N-dealkylation sites (N-methyl/N-ethyl adjacent to an activating group) is 1. The third kappa shape index (κ3) is 5.47. The molecule has 24 heavy (non-hydrogen) atoms. The van der Waals surface area contributed by atoms with Crippen LogP contribution in [0.2, 0.25) is 0 Å². The van der Waals surface area contributed by atoms with Crippen LogP contribution in [0.3, 0.4) is 0 Å². The monoisotopic (exact) mass is 340 g/mol. The van der Waals surface area contributed by atoms with E-state index >= 15 is 0 Å². The zero-order valence-corrected chi connectivity index (χ0v) is 14.4. The molecular weight excluding hydrogens is 312 g/mol. The summed E-state index contributed by atoms with van der Waals surface area (Å²) in [6, 6.07) is 0. The molecule has 2 amide bonds. The summed E-state index contributed by atoms with van der Waals surface area (Å²) in [7, 11) is 1.66. The predicted octanol–water partition coefficient (Wildman–Crippen LogP) is 0.975. The Bertz CT molecular complexity index is 454. The van der Waals surface area contributed by atoms with Gasteiger partial charge in [0.1, 0.15) is 0 Å². The number of nitrogens with zero attached hydrogens (tertiary/aromatic N) is 2. The van der Waals surface area contributed by atoms with Gasteiger partial charge in [0.15, 0.2) is 0 Å². The van der Waals surface area contributed by atoms with Crippen LogP contribution in [0.25, 0.3) is 0 Å². The fourth-order valence-electron chi connectivity index (χ4n) is 3.32. The van der Waals surface area contributed by atoms with E-state index in [1.54, 1.807) is 11.9 Å². The van der Waals surface area contributed by atoms with Gasteiger partial charge in [0, 0.05) is 39.8 Å². The van der Waals surface area contributed by atoms with Crippen molar-refractivity contribution in [3.63, 3.8) is 0 Å². The minimum absolute atomic E-state index is 0.00439. The van der Waals surface area contributed by atoms with Crippen LogP contribution in [-0.4, -0.2) is 72.6 Å². The lowest BCUT2D eigenvalue weighted by molar-refractivity contribution is -0.146. The Morgan fingerprint density at radius 1 is 1.12 bits per heavy atom. The molecule has 2 aliphatic heterocycles. The second-order valence-electron chi connectivity index (χ2n) is 6.84. The van der Waals surface area contributed by atoms with Crippen LogP contribution >= 0.6 is 0 Å². The van der Waals surface area contributed by atoms with Gasteiger partial charge in [-0.15, -0.1) is 0 Å². The van der Waals surface area contributed by atoms with Gasteiger partial charge in [-0.1, -0.05) is 0 Å². The van der Waals surface area contributed by atoms with Gasteiger partial charge in [-0.25, -0.2) is 0 Å². The molecule has 2 rings (SSSR count). The Morgan fingerprint density at radius 2 is 1.75 bits per heavy atom. The molecule has 2 heterocycles. The second-order valence-corrected chi connectivity index (χ2v) is 6.84. The van der Waals surface area contributed by atoms with Crippen LogP contribution in [0.4, 0.5) is 0 Å².